The summed E-state index contributed by atoms with van der Waals surface area (Å²) in [7, 11) is 5.93. The van der Waals surface area contributed by atoms with Crippen molar-refractivity contribution >= 4 is 39.3 Å². The van der Waals surface area contributed by atoms with Gasteiger partial charge in [0.2, 0.25) is 5.75 Å². The number of allylic oxidation sites excluding steroid dienone is 1. The Kier molecular flexibility index (Phi) is 10.4. The van der Waals surface area contributed by atoms with Crippen LogP contribution < -0.4 is 58.3 Å². The average Bonchev–Trinajstić information content (AvgIpc) is 3.37. The van der Waals surface area contributed by atoms with E-state index in [2.05, 4.69) is 0 Å². The Hall–Kier alpha value is -3.50. The minimum Gasteiger partial charge on any atom is -0.546 e. The van der Waals surface area contributed by atoms with E-state index in [0.717, 1.165) is 15.0 Å². The van der Waals surface area contributed by atoms with Crippen LogP contribution in [0.1, 0.15) is 15.9 Å². The van der Waals surface area contributed by atoms with Gasteiger partial charge < -0.3 is 33.6 Å². The molecule has 8 nitrogen and oxygen atoms in total. The van der Waals surface area contributed by atoms with Crippen molar-refractivity contribution in [2.24, 2.45) is 0 Å². The molecule has 0 N–H and O–H groups in total. The zero-order valence-electron chi connectivity index (χ0n) is 22.2. The number of ketones is 1. The molecule has 0 aliphatic heterocycles. The molecular formula is C29H25NaO8S. The summed E-state index contributed by atoms with van der Waals surface area (Å²) in [6.45, 7) is -0.615. The number of aliphatic carboxylic acids is 1. The number of methoxy groups -OCH3 is 4. The standard InChI is InChI=1S/C29H26O8S.Na/c1-33-22-15-23(37-16-28(31)32)20(27-14-18-7-5-6-8-26(18)38-27)11-17(22)9-10-21(30)19-12-24(34-2)29(36-4)25(13-19)35-3;/h5-15H,16H2,1-4H3,(H,31,32);/q;+1/p-1. The molecule has 3 aromatic carbocycles. The smallest absolute Gasteiger partial charge is 0.546 e. The molecule has 0 aliphatic rings. The van der Waals surface area contributed by atoms with E-state index < -0.39 is 12.6 Å². The van der Waals surface area contributed by atoms with Crippen molar-refractivity contribution in [3.05, 3.63) is 71.8 Å². The summed E-state index contributed by atoms with van der Waals surface area (Å²) >= 11 is 1.54. The first-order chi connectivity index (χ1) is 18.4. The Morgan fingerprint density at radius 3 is 2.10 bits per heavy atom. The van der Waals surface area contributed by atoms with Crippen molar-refractivity contribution in [2.45, 2.75) is 0 Å². The molecular weight excluding hydrogens is 531 g/mol. The van der Waals surface area contributed by atoms with Gasteiger partial charge in [-0.3, -0.25) is 4.79 Å². The van der Waals surface area contributed by atoms with Gasteiger partial charge in [-0.25, -0.2) is 0 Å². The van der Waals surface area contributed by atoms with Crippen LogP contribution in [-0.4, -0.2) is 46.8 Å². The third-order valence-electron chi connectivity index (χ3n) is 5.73. The molecule has 196 valence electrons. The number of rotatable bonds is 11. The molecule has 0 saturated carbocycles. The van der Waals surface area contributed by atoms with E-state index in [9.17, 15) is 14.7 Å². The average molecular weight is 557 g/mol. The second kappa shape index (κ2) is 13.5. The van der Waals surface area contributed by atoms with Crippen LogP contribution in [0.5, 0.6) is 28.7 Å². The SMILES string of the molecule is COc1cc(OCC(=O)[O-])c(-c2cc3ccccc3s2)cc1C=CC(=O)c1cc(OC)c(OC)c(OC)c1.[Na+]. The third kappa shape index (κ3) is 6.75. The molecule has 0 radical (unpaired) electrons. The van der Waals surface area contributed by atoms with E-state index in [1.807, 2.05) is 30.3 Å². The Balaban J connectivity index is 0.00000420. The first-order valence-electron chi connectivity index (χ1n) is 11.4. The van der Waals surface area contributed by atoms with Crippen LogP contribution in [0.4, 0.5) is 0 Å². The van der Waals surface area contributed by atoms with Crippen molar-refractivity contribution in [1.29, 1.82) is 0 Å². The first kappa shape index (κ1) is 30.0. The largest absolute Gasteiger partial charge is 1.00 e. The van der Waals surface area contributed by atoms with Crippen LogP contribution in [0.2, 0.25) is 0 Å². The number of ether oxygens (including phenoxy) is 5. The van der Waals surface area contributed by atoms with Crippen molar-refractivity contribution in [3.8, 4) is 39.2 Å². The van der Waals surface area contributed by atoms with E-state index >= 15 is 0 Å². The van der Waals surface area contributed by atoms with Crippen LogP contribution >= 0.6 is 11.3 Å². The van der Waals surface area contributed by atoms with E-state index in [0.29, 0.717) is 45.4 Å². The molecule has 0 unspecified atom stereocenters. The van der Waals surface area contributed by atoms with Gasteiger partial charge in [-0.15, -0.1) is 11.3 Å². The van der Waals surface area contributed by atoms with Crippen molar-refractivity contribution in [1.82, 2.24) is 0 Å². The normalized spacial score (nSPS) is 10.7. The minimum absolute atomic E-state index is 0. The summed E-state index contributed by atoms with van der Waals surface area (Å²) in [4.78, 5) is 25.1. The molecule has 0 aliphatic carbocycles. The van der Waals surface area contributed by atoms with Gasteiger partial charge in [-0.1, -0.05) is 18.2 Å². The predicted octanol–water partition coefficient (Wildman–Crippen LogP) is 1.63. The summed E-state index contributed by atoms with van der Waals surface area (Å²) in [6.07, 6.45) is 3.04. The minimum atomic E-state index is -1.34. The molecule has 0 fully saturated rings. The van der Waals surface area contributed by atoms with Gasteiger partial charge in [0.1, 0.15) is 18.1 Å². The number of carbonyl (C=O) groups excluding carboxylic acids is 2. The molecule has 0 amide bonds. The number of carboxylic acid groups (broad SMARTS) is 1. The second-order valence-electron chi connectivity index (χ2n) is 8.01. The van der Waals surface area contributed by atoms with E-state index in [4.69, 9.17) is 23.7 Å². The van der Waals surface area contributed by atoms with Crippen molar-refractivity contribution < 1.29 is 67.9 Å². The Morgan fingerprint density at radius 2 is 1.51 bits per heavy atom. The van der Waals surface area contributed by atoms with Crippen molar-refractivity contribution in [2.75, 3.05) is 35.0 Å². The molecule has 0 atom stereocenters. The zero-order chi connectivity index (χ0) is 27.2. The summed E-state index contributed by atoms with van der Waals surface area (Å²) in [5.74, 6) is 0.198. The van der Waals surface area contributed by atoms with Gasteiger partial charge in [-0.05, 0) is 47.9 Å². The van der Waals surface area contributed by atoms with E-state index in [1.54, 1.807) is 30.3 Å². The summed E-state index contributed by atoms with van der Waals surface area (Å²) in [5, 5.41) is 12.1. The molecule has 4 aromatic rings. The van der Waals surface area contributed by atoms with Gasteiger partial charge >= 0.3 is 29.6 Å². The van der Waals surface area contributed by atoms with Gasteiger partial charge in [-0.2, -0.15) is 0 Å². The fourth-order valence-corrected chi connectivity index (χ4v) is 5.02. The molecule has 1 heterocycles. The van der Waals surface area contributed by atoms with Crippen LogP contribution in [0.15, 0.2) is 60.7 Å². The van der Waals surface area contributed by atoms with Gasteiger partial charge in [0.15, 0.2) is 17.3 Å². The summed E-state index contributed by atoms with van der Waals surface area (Å²) < 4.78 is 28.2. The van der Waals surface area contributed by atoms with Crippen LogP contribution in [-0.2, 0) is 4.79 Å². The van der Waals surface area contributed by atoms with E-state index in [1.165, 1.54) is 45.9 Å². The maximum atomic E-state index is 13.1. The number of hydrogen-bond acceptors (Lipinski definition) is 9. The number of carboxylic acids is 1. The van der Waals surface area contributed by atoms with Gasteiger partial charge in [0, 0.05) is 32.3 Å². The first-order valence-corrected chi connectivity index (χ1v) is 12.3. The van der Waals surface area contributed by atoms with Crippen LogP contribution in [0.3, 0.4) is 0 Å². The molecule has 39 heavy (non-hydrogen) atoms. The van der Waals surface area contributed by atoms with Gasteiger partial charge in [0.05, 0.1) is 34.4 Å². The fraction of sp³-hybridized carbons (Fsp3) is 0.172. The second-order valence-corrected chi connectivity index (χ2v) is 9.09. The summed E-state index contributed by atoms with van der Waals surface area (Å²) in [5.41, 5.74) is 1.60. The number of hydrogen-bond donors (Lipinski definition) is 0. The van der Waals surface area contributed by atoms with Crippen LogP contribution in [0.25, 0.3) is 26.6 Å². The quantitative estimate of drug-likeness (QED) is 0.156. The molecule has 1 aromatic heterocycles. The van der Waals surface area contributed by atoms with E-state index in [-0.39, 0.29) is 35.3 Å². The number of thiophene rings is 1. The van der Waals surface area contributed by atoms with Crippen LogP contribution in [0, 0.1) is 0 Å². The topological polar surface area (TPSA) is 103 Å². The molecule has 4 rings (SSSR count). The Morgan fingerprint density at radius 1 is 0.846 bits per heavy atom. The Bertz CT molecular complexity index is 1470. The number of fused-ring (bicyclic) bond motifs is 1. The molecule has 0 spiro atoms. The zero-order valence-corrected chi connectivity index (χ0v) is 25.0. The monoisotopic (exact) mass is 556 g/mol. The fourth-order valence-electron chi connectivity index (χ4n) is 3.93. The number of carbonyl (C=O) groups is 2. The van der Waals surface area contributed by atoms with Gasteiger partial charge in [0.25, 0.3) is 0 Å². The predicted molar refractivity (Wildman–Crippen MR) is 144 cm³/mol. The molecule has 0 saturated heterocycles. The van der Waals surface area contributed by atoms with Crippen molar-refractivity contribution in [3.63, 3.8) is 0 Å². The molecule has 10 heteroatoms. The summed E-state index contributed by atoms with van der Waals surface area (Å²) in [6, 6.07) is 16.5. The Labute approximate surface area is 252 Å². The maximum absolute atomic E-state index is 13.1. The molecule has 0 bridgehead atoms. The number of benzene rings is 3. The third-order valence-corrected chi connectivity index (χ3v) is 6.88. The maximum Gasteiger partial charge on any atom is 1.00 e.